The molecule has 1 atom stereocenters. The summed E-state index contributed by atoms with van der Waals surface area (Å²) in [6, 6.07) is 4.79. The number of pyridine rings is 1. The summed E-state index contributed by atoms with van der Waals surface area (Å²) in [5.41, 5.74) is 2.43. The van der Waals surface area contributed by atoms with Gasteiger partial charge in [-0.05, 0) is 37.9 Å². The van der Waals surface area contributed by atoms with Crippen molar-refractivity contribution in [1.29, 1.82) is 0 Å². The molecule has 16 heavy (non-hydrogen) atoms. The molecule has 1 heterocycles. The van der Waals surface area contributed by atoms with Gasteiger partial charge in [0.2, 0.25) is 0 Å². The first-order valence-electron chi connectivity index (χ1n) is 6.39. The van der Waals surface area contributed by atoms with Crippen LogP contribution in [-0.2, 0) is 0 Å². The monoisotopic (exact) mass is 218 g/mol. The Morgan fingerprint density at radius 1 is 1.38 bits per heavy atom. The van der Waals surface area contributed by atoms with Crippen molar-refractivity contribution in [3.8, 4) is 0 Å². The average molecular weight is 218 g/mol. The van der Waals surface area contributed by atoms with Gasteiger partial charge in [-0.25, -0.2) is 0 Å². The van der Waals surface area contributed by atoms with E-state index in [1.54, 1.807) is 0 Å². The molecule has 0 saturated heterocycles. The minimum atomic E-state index is 0.483. The zero-order valence-electron chi connectivity index (χ0n) is 10.4. The molecule has 88 valence electrons. The van der Waals surface area contributed by atoms with Crippen molar-refractivity contribution in [2.45, 2.75) is 45.1 Å². The van der Waals surface area contributed by atoms with Gasteiger partial charge in [0.25, 0.3) is 0 Å². The van der Waals surface area contributed by atoms with Crippen LogP contribution >= 0.6 is 0 Å². The Morgan fingerprint density at radius 2 is 2.12 bits per heavy atom. The summed E-state index contributed by atoms with van der Waals surface area (Å²) in [7, 11) is 2.06. The largest absolute Gasteiger partial charge is 0.313 e. The van der Waals surface area contributed by atoms with Crippen LogP contribution in [0.25, 0.3) is 0 Å². The van der Waals surface area contributed by atoms with Gasteiger partial charge in [0.05, 0.1) is 0 Å². The maximum Gasteiger partial charge on any atom is 0.0372 e. The standard InChI is InChI=1S/C14H22N2/c1-11-7-8-13(10-16-11)14(15-2)9-12-5-3-4-6-12/h7-8,10,12,14-15H,3-6,9H2,1-2H3. The van der Waals surface area contributed by atoms with E-state index in [2.05, 4.69) is 29.5 Å². The van der Waals surface area contributed by atoms with Crippen LogP contribution in [0.4, 0.5) is 0 Å². The number of aryl methyl sites for hydroxylation is 1. The third-order valence-corrected chi connectivity index (χ3v) is 3.73. The Kier molecular flexibility index (Phi) is 3.94. The van der Waals surface area contributed by atoms with Gasteiger partial charge in [0, 0.05) is 17.9 Å². The maximum absolute atomic E-state index is 4.38. The van der Waals surface area contributed by atoms with Crippen LogP contribution in [0.1, 0.15) is 49.4 Å². The van der Waals surface area contributed by atoms with Crippen LogP contribution in [-0.4, -0.2) is 12.0 Å². The fourth-order valence-corrected chi connectivity index (χ4v) is 2.69. The summed E-state index contributed by atoms with van der Waals surface area (Å²) >= 11 is 0. The molecule has 1 N–H and O–H groups in total. The fraction of sp³-hybridized carbons (Fsp3) is 0.643. The Hall–Kier alpha value is -0.890. The van der Waals surface area contributed by atoms with Crippen LogP contribution in [0.5, 0.6) is 0 Å². The summed E-state index contributed by atoms with van der Waals surface area (Å²) in [4.78, 5) is 4.38. The summed E-state index contributed by atoms with van der Waals surface area (Å²) < 4.78 is 0. The van der Waals surface area contributed by atoms with Gasteiger partial charge in [-0.15, -0.1) is 0 Å². The van der Waals surface area contributed by atoms with Crippen molar-refractivity contribution in [2.24, 2.45) is 5.92 Å². The molecular weight excluding hydrogens is 196 g/mol. The molecule has 1 aromatic heterocycles. The summed E-state index contributed by atoms with van der Waals surface area (Å²) in [5, 5.41) is 3.42. The minimum absolute atomic E-state index is 0.483. The number of aromatic nitrogens is 1. The number of hydrogen-bond acceptors (Lipinski definition) is 2. The molecular formula is C14H22N2. The molecule has 2 rings (SSSR count). The van der Waals surface area contributed by atoms with E-state index in [4.69, 9.17) is 0 Å². The van der Waals surface area contributed by atoms with Crippen molar-refractivity contribution in [1.82, 2.24) is 10.3 Å². The fourth-order valence-electron chi connectivity index (χ4n) is 2.69. The number of hydrogen-bond donors (Lipinski definition) is 1. The van der Waals surface area contributed by atoms with Gasteiger partial charge in [0.15, 0.2) is 0 Å². The zero-order valence-corrected chi connectivity index (χ0v) is 10.4. The lowest BCUT2D eigenvalue weighted by Gasteiger charge is -2.20. The molecule has 1 unspecified atom stereocenters. The van der Waals surface area contributed by atoms with Gasteiger partial charge < -0.3 is 5.32 Å². The van der Waals surface area contributed by atoms with E-state index in [1.807, 2.05) is 13.1 Å². The van der Waals surface area contributed by atoms with E-state index in [1.165, 1.54) is 37.7 Å². The normalized spacial score (nSPS) is 18.9. The first-order valence-corrected chi connectivity index (χ1v) is 6.39. The van der Waals surface area contributed by atoms with Crippen LogP contribution < -0.4 is 5.32 Å². The molecule has 1 fully saturated rings. The molecule has 2 heteroatoms. The average Bonchev–Trinajstić information content (AvgIpc) is 2.80. The molecule has 0 bridgehead atoms. The molecule has 1 saturated carbocycles. The van der Waals surface area contributed by atoms with E-state index in [9.17, 15) is 0 Å². The smallest absolute Gasteiger partial charge is 0.0372 e. The predicted molar refractivity (Wildman–Crippen MR) is 67.3 cm³/mol. The number of nitrogens with zero attached hydrogens (tertiary/aromatic N) is 1. The highest BCUT2D eigenvalue weighted by Crippen LogP contribution is 2.32. The highest BCUT2D eigenvalue weighted by atomic mass is 14.9. The van der Waals surface area contributed by atoms with Crippen LogP contribution in [0, 0.1) is 12.8 Å². The SMILES string of the molecule is CNC(CC1CCCC1)c1ccc(C)nc1. The second kappa shape index (κ2) is 5.44. The van der Waals surface area contributed by atoms with Crippen LogP contribution in [0.15, 0.2) is 18.3 Å². The molecule has 0 radical (unpaired) electrons. The Balaban J connectivity index is 2.00. The summed E-state index contributed by atoms with van der Waals surface area (Å²) in [6.07, 6.45) is 8.96. The summed E-state index contributed by atoms with van der Waals surface area (Å²) in [6.45, 7) is 2.04. The van der Waals surface area contributed by atoms with E-state index in [0.29, 0.717) is 6.04 Å². The highest BCUT2D eigenvalue weighted by molar-refractivity contribution is 5.17. The molecule has 1 aliphatic carbocycles. The third kappa shape index (κ3) is 2.82. The first-order chi connectivity index (χ1) is 7.79. The highest BCUT2D eigenvalue weighted by Gasteiger charge is 2.20. The summed E-state index contributed by atoms with van der Waals surface area (Å²) in [5.74, 6) is 0.916. The van der Waals surface area contributed by atoms with Gasteiger partial charge in [-0.2, -0.15) is 0 Å². The number of rotatable bonds is 4. The second-order valence-electron chi connectivity index (χ2n) is 4.96. The van der Waals surface area contributed by atoms with Gasteiger partial charge in [-0.1, -0.05) is 31.7 Å². The molecule has 0 aliphatic heterocycles. The molecule has 0 spiro atoms. The van der Waals surface area contributed by atoms with Crippen molar-refractivity contribution in [2.75, 3.05) is 7.05 Å². The topological polar surface area (TPSA) is 24.9 Å². The molecule has 1 aliphatic rings. The molecule has 0 amide bonds. The second-order valence-corrected chi connectivity index (χ2v) is 4.96. The van der Waals surface area contributed by atoms with Gasteiger partial charge in [0.1, 0.15) is 0 Å². The Labute approximate surface area is 98.5 Å². The van der Waals surface area contributed by atoms with Crippen molar-refractivity contribution in [3.63, 3.8) is 0 Å². The maximum atomic E-state index is 4.38. The van der Waals surface area contributed by atoms with Crippen molar-refractivity contribution >= 4 is 0 Å². The lowest BCUT2D eigenvalue weighted by Crippen LogP contribution is -2.19. The van der Waals surface area contributed by atoms with Gasteiger partial charge >= 0.3 is 0 Å². The molecule has 1 aromatic rings. The van der Waals surface area contributed by atoms with Crippen molar-refractivity contribution < 1.29 is 0 Å². The zero-order chi connectivity index (χ0) is 11.4. The number of nitrogens with one attached hydrogen (secondary N) is 1. The van der Waals surface area contributed by atoms with Crippen LogP contribution in [0.2, 0.25) is 0 Å². The molecule has 0 aromatic carbocycles. The Bertz CT molecular complexity index is 312. The quantitative estimate of drug-likeness (QED) is 0.839. The van der Waals surface area contributed by atoms with E-state index in [0.717, 1.165) is 11.6 Å². The van der Waals surface area contributed by atoms with E-state index in [-0.39, 0.29) is 0 Å². The lowest BCUT2D eigenvalue weighted by atomic mass is 9.94. The first kappa shape index (κ1) is 11.6. The predicted octanol–water partition coefficient (Wildman–Crippen LogP) is 3.23. The third-order valence-electron chi connectivity index (χ3n) is 3.73. The minimum Gasteiger partial charge on any atom is -0.313 e. The van der Waals surface area contributed by atoms with Gasteiger partial charge in [-0.3, -0.25) is 4.98 Å². The van der Waals surface area contributed by atoms with Crippen molar-refractivity contribution in [3.05, 3.63) is 29.6 Å². The van der Waals surface area contributed by atoms with E-state index < -0.39 is 0 Å². The van der Waals surface area contributed by atoms with E-state index >= 15 is 0 Å². The van der Waals surface area contributed by atoms with Crippen LogP contribution in [0.3, 0.4) is 0 Å². The Morgan fingerprint density at radius 3 is 2.69 bits per heavy atom. The lowest BCUT2D eigenvalue weighted by molar-refractivity contribution is 0.413. The molecule has 2 nitrogen and oxygen atoms in total.